The first-order valence-corrected chi connectivity index (χ1v) is 14.0. The van der Waals surface area contributed by atoms with Crippen molar-refractivity contribution in [1.82, 2.24) is 14.9 Å². The van der Waals surface area contributed by atoms with Crippen molar-refractivity contribution in [2.45, 2.75) is 37.9 Å². The van der Waals surface area contributed by atoms with Gasteiger partial charge in [-0.15, -0.1) is 0 Å². The van der Waals surface area contributed by atoms with Gasteiger partial charge in [-0.3, -0.25) is 23.8 Å². The molecule has 40 heavy (non-hydrogen) atoms. The predicted octanol–water partition coefficient (Wildman–Crippen LogP) is 3.67. The fraction of sp³-hybridized carbons (Fsp3) is 0.296. The summed E-state index contributed by atoms with van der Waals surface area (Å²) < 4.78 is 65.2. The number of carbonyl (C=O) groups excluding carboxylic acids is 2. The third kappa shape index (κ3) is 5.94. The summed E-state index contributed by atoms with van der Waals surface area (Å²) in [4.78, 5) is 45.3. The molecule has 13 heteroatoms. The molecule has 2 heterocycles. The minimum atomic E-state index is -4.68. The average molecular weight is 578 g/mol. The molecule has 3 aromatic rings. The molecular formula is C27H26F3N3O6S. The van der Waals surface area contributed by atoms with Crippen LogP contribution in [0.3, 0.4) is 0 Å². The van der Waals surface area contributed by atoms with Gasteiger partial charge in [0.05, 0.1) is 34.9 Å². The van der Waals surface area contributed by atoms with E-state index < -0.39 is 44.5 Å². The second kappa shape index (κ2) is 11.3. The molecule has 2 aromatic carbocycles. The Labute approximate surface area is 228 Å². The maximum absolute atomic E-state index is 13.5. The van der Waals surface area contributed by atoms with Crippen molar-refractivity contribution in [2.75, 3.05) is 18.9 Å². The number of carbonyl (C=O) groups is 2. The van der Waals surface area contributed by atoms with Gasteiger partial charge in [0.1, 0.15) is 5.56 Å². The summed E-state index contributed by atoms with van der Waals surface area (Å²) in [5.41, 5.74) is -2.07. The van der Waals surface area contributed by atoms with Gasteiger partial charge in [0.15, 0.2) is 9.84 Å². The van der Waals surface area contributed by atoms with Crippen LogP contribution >= 0.6 is 0 Å². The number of benzene rings is 2. The SMILES string of the molecule is CCS(=O)(=O)c1ccc(CNC(=O)c2cc(C(=O)N3CCCO3)c(C)n(-c3cccc(C(F)(F)F)c3)c2=O)cc1. The average Bonchev–Trinajstić information content (AvgIpc) is 3.47. The molecule has 1 aliphatic rings. The number of sulfone groups is 1. The lowest BCUT2D eigenvalue weighted by atomic mass is 10.1. The smallest absolute Gasteiger partial charge is 0.348 e. The summed E-state index contributed by atoms with van der Waals surface area (Å²) >= 11 is 0. The van der Waals surface area contributed by atoms with Gasteiger partial charge < -0.3 is 5.32 Å². The standard InChI is InChI=1S/C27H26F3N3O6S/c1-3-40(37,38)21-10-8-18(9-11-21)16-31-24(34)23-15-22(25(35)32-12-5-13-39-32)17(2)33(26(23)36)20-7-4-6-19(14-20)27(28,29)30/h4,6-11,14-15H,3,5,12-13,16H2,1-2H3,(H,31,34). The largest absolute Gasteiger partial charge is 0.416 e. The van der Waals surface area contributed by atoms with Crippen molar-refractivity contribution >= 4 is 21.7 Å². The van der Waals surface area contributed by atoms with Crippen LogP contribution in [-0.2, 0) is 27.4 Å². The van der Waals surface area contributed by atoms with E-state index in [9.17, 15) is 36.0 Å². The normalized spacial score (nSPS) is 13.9. The molecule has 212 valence electrons. The Kier molecular flexibility index (Phi) is 8.17. The van der Waals surface area contributed by atoms with Gasteiger partial charge in [0.2, 0.25) is 0 Å². The van der Waals surface area contributed by atoms with E-state index in [2.05, 4.69) is 5.32 Å². The van der Waals surface area contributed by atoms with Crippen LogP contribution in [0.25, 0.3) is 5.69 Å². The molecule has 0 aliphatic carbocycles. The van der Waals surface area contributed by atoms with E-state index in [0.717, 1.165) is 33.9 Å². The third-order valence-corrected chi connectivity index (χ3v) is 8.20. The number of amides is 2. The number of pyridine rings is 1. The number of nitrogens with zero attached hydrogens (tertiary/aromatic N) is 2. The first kappa shape index (κ1) is 29.0. The van der Waals surface area contributed by atoms with Crippen molar-refractivity contribution in [3.8, 4) is 5.69 Å². The summed E-state index contributed by atoms with van der Waals surface area (Å²) in [6.45, 7) is 3.40. The van der Waals surface area contributed by atoms with Crippen LogP contribution in [0, 0.1) is 6.92 Å². The Bertz CT molecular complexity index is 1610. The van der Waals surface area contributed by atoms with Crippen LogP contribution in [0.5, 0.6) is 0 Å². The van der Waals surface area contributed by atoms with Crippen LogP contribution in [0.1, 0.15) is 50.9 Å². The van der Waals surface area contributed by atoms with Gasteiger partial charge in [0, 0.05) is 17.9 Å². The number of halogens is 3. The van der Waals surface area contributed by atoms with Crippen molar-refractivity contribution in [2.24, 2.45) is 0 Å². The molecule has 0 unspecified atom stereocenters. The second-order valence-electron chi connectivity index (χ2n) is 9.07. The number of hydrogen-bond acceptors (Lipinski definition) is 6. The molecular weight excluding hydrogens is 551 g/mol. The van der Waals surface area contributed by atoms with Gasteiger partial charge in [-0.1, -0.05) is 25.1 Å². The predicted molar refractivity (Wildman–Crippen MR) is 139 cm³/mol. The Morgan fingerprint density at radius 2 is 1.75 bits per heavy atom. The van der Waals surface area contributed by atoms with E-state index in [-0.39, 0.29) is 40.7 Å². The molecule has 4 rings (SSSR count). The van der Waals surface area contributed by atoms with Crippen molar-refractivity contribution in [1.29, 1.82) is 0 Å². The summed E-state index contributed by atoms with van der Waals surface area (Å²) in [6.07, 6.45) is -4.11. The Morgan fingerprint density at radius 1 is 1.05 bits per heavy atom. The van der Waals surface area contributed by atoms with E-state index in [0.29, 0.717) is 18.6 Å². The zero-order valence-electron chi connectivity index (χ0n) is 21.6. The summed E-state index contributed by atoms with van der Waals surface area (Å²) in [5, 5.41) is 3.64. The Balaban J connectivity index is 1.73. The van der Waals surface area contributed by atoms with E-state index in [4.69, 9.17) is 4.84 Å². The summed E-state index contributed by atoms with van der Waals surface area (Å²) in [6, 6.07) is 11.0. The highest BCUT2D eigenvalue weighted by Gasteiger charge is 2.32. The van der Waals surface area contributed by atoms with E-state index in [1.165, 1.54) is 44.2 Å². The minimum Gasteiger partial charge on any atom is -0.348 e. The van der Waals surface area contributed by atoms with Crippen LogP contribution in [0.4, 0.5) is 13.2 Å². The first-order valence-electron chi connectivity index (χ1n) is 12.3. The molecule has 1 aliphatic heterocycles. The zero-order valence-corrected chi connectivity index (χ0v) is 22.4. The lowest BCUT2D eigenvalue weighted by Gasteiger charge is -2.20. The fourth-order valence-electron chi connectivity index (χ4n) is 4.22. The maximum Gasteiger partial charge on any atom is 0.416 e. The first-order chi connectivity index (χ1) is 18.8. The molecule has 1 aromatic heterocycles. The lowest BCUT2D eigenvalue weighted by molar-refractivity contribution is -0.137. The van der Waals surface area contributed by atoms with Gasteiger partial charge >= 0.3 is 6.18 Å². The van der Waals surface area contributed by atoms with Crippen LogP contribution in [-0.4, -0.2) is 48.8 Å². The molecule has 9 nitrogen and oxygen atoms in total. The molecule has 0 radical (unpaired) electrons. The number of alkyl halides is 3. The number of hydrogen-bond donors (Lipinski definition) is 1. The van der Waals surface area contributed by atoms with Crippen LogP contribution in [0.15, 0.2) is 64.3 Å². The highest BCUT2D eigenvalue weighted by Crippen LogP contribution is 2.30. The zero-order chi connectivity index (χ0) is 29.2. The highest BCUT2D eigenvalue weighted by atomic mass is 32.2. The van der Waals surface area contributed by atoms with Crippen LogP contribution < -0.4 is 10.9 Å². The second-order valence-corrected chi connectivity index (χ2v) is 11.3. The summed E-state index contributed by atoms with van der Waals surface area (Å²) in [5.74, 6) is -1.58. The number of nitrogens with one attached hydrogen (secondary N) is 1. The third-order valence-electron chi connectivity index (χ3n) is 6.45. The van der Waals surface area contributed by atoms with Crippen LogP contribution in [0.2, 0.25) is 0 Å². The molecule has 0 spiro atoms. The molecule has 1 fully saturated rings. The molecule has 0 bridgehead atoms. The van der Waals surface area contributed by atoms with Crippen molar-refractivity contribution in [3.63, 3.8) is 0 Å². The topological polar surface area (TPSA) is 115 Å². The Hall–Kier alpha value is -3.97. The molecule has 1 saturated heterocycles. The van der Waals surface area contributed by atoms with E-state index >= 15 is 0 Å². The van der Waals surface area contributed by atoms with Gasteiger partial charge in [-0.2, -0.15) is 13.2 Å². The summed E-state index contributed by atoms with van der Waals surface area (Å²) in [7, 11) is -3.41. The van der Waals surface area contributed by atoms with Gasteiger partial charge in [0.25, 0.3) is 17.4 Å². The fourth-order valence-corrected chi connectivity index (χ4v) is 5.10. The molecule has 1 N–H and O–H groups in total. The molecule has 2 amide bonds. The van der Waals surface area contributed by atoms with Crippen molar-refractivity contribution in [3.05, 3.63) is 92.9 Å². The highest BCUT2D eigenvalue weighted by molar-refractivity contribution is 7.91. The molecule has 0 atom stereocenters. The molecule has 0 saturated carbocycles. The lowest BCUT2D eigenvalue weighted by Crippen LogP contribution is -2.36. The Morgan fingerprint density at radius 3 is 2.35 bits per heavy atom. The maximum atomic E-state index is 13.5. The quantitative estimate of drug-likeness (QED) is 0.459. The van der Waals surface area contributed by atoms with E-state index in [1.807, 2.05) is 0 Å². The minimum absolute atomic E-state index is 0.0362. The number of hydroxylamine groups is 2. The number of rotatable bonds is 7. The van der Waals surface area contributed by atoms with Gasteiger partial charge in [-0.25, -0.2) is 13.5 Å². The van der Waals surface area contributed by atoms with Crippen molar-refractivity contribution < 1.29 is 36.0 Å². The monoisotopic (exact) mass is 577 g/mol. The van der Waals surface area contributed by atoms with Gasteiger partial charge in [-0.05, 0) is 55.3 Å². The number of aromatic nitrogens is 1. The van der Waals surface area contributed by atoms with E-state index in [1.54, 1.807) is 0 Å².